The molecule has 6 fully saturated rings. The third-order valence-electron chi connectivity index (χ3n) is 27.7. The second-order valence-corrected chi connectivity index (χ2v) is 42.9. The van der Waals surface area contributed by atoms with Crippen molar-refractivity contribution in [2.75, 3.05) is 0 Å². The number of hydrogen-bond donors (Lipinski definition) is 0. The van der Waals surface area contributed by atoms with E-state index in [1.165, 1.54) is 403 Å². The van der Waals surface area contributed by atoms with Crippen LogP contribution in [-0.4, -0.2) is 0 Å². The fraction of sp³-hybridized carbons (Fsp3) is 0.530. The molecule has 0 radical (unpaired) electrons. The monoisotopic (exact) mass is 1630 g/mol. The summed E-state index contributed by atoms with van der Waals surface area (Å²) in [7, 11) is -0.175. The van der Waals surface area contributed by atoms with Crippen LogP contribution in [0.4, 0.5) is 0 Å². The molecule has 9 aromatic rings. The summed E-state index contributed by atoms with van der Waals surface area (Å²) in [5.41, 5.74) is 9.18. The van der Waals surface area contributed by atoms with Crippen LogP contribution < -0.4 is 0 Å². The van der Waals surface area contributed by atoms with Crippen LogP contribution in [0.1, 0.15) is 416 Å². The molecule has 0 heterocycles. The molecule has 3 heteroatoms. The van der Waals surface area contributed by atoms with Crippen molar-refractivity contribution in [2.24, 2.45) is 0 Å². The van der Waals surface area contributed by atoms with Gasteiger partial charge in [0.2, 0.25) is 0 Å². The zero-order valence-corrected chi connectivity index (χ0v) is 76.5. The van der Waals surface area contributed by atoms with Crippen molar-refractivity contribution in [3.05, 3.63) is 270 Å². The molecule has 632 valence electrons. The van der Waals surface area contributed by atoms with Gasteiger partial charge < -0.3 is 0 Å². The summed E-state index contributed by atoms with van der Waals surface area (Å²) in [6, 6.07) is 91.6. The first-order valence-corrected chi connectivity index (χ1v) is 53.2. The second kappa shape index (κ2) is 54.5. The molecule has 0 N–H and O–H groups in total. The summed E-state index contributed by atoms with van der Waals surface area (Å²) in [5, 5.41) is 0. The van der Waals surface area contributed by atoms with Crippen LogP contribution in [0.25, 0.3) is 0 Å². The second-order valence-electron chi connectivity index (χ2n) is 36.8. The molecule has 6 aliphatic carbocycles. The molecule has 0 bridgehead atoms. The van der Waals surface area contributed by atoms with E-state index in [-0.39, 0.29) is 32.7 Å². The summed E-state index contributed by atoms with van der Waals surface area (Å²) in [6.45, 7) is 2.20. The van der Waals surface area contributed by atoms with Crippen molar-refractivity contribution >= 4 is 32.7 Å². The normalized spacial score (nSPS) is 19.1. The summed E-state index contributed by atoms with van der Waals surface area (Å²) in [6.07, 6.45) is 78.4. The molecule has 15 rings (SSSR count). The highest BCUT2D eigenvalue weighted by Crippen LogP contribution is 2.42. The topological polar surface area (TPSA) is 0 Å². The lowest BCUT2D eigenvalue weighted by Gasteiger charge is -2.20. The van der Waals surface area contributed by atoms with Gasteiger partial charge in [0.05, 0.1) is 32.7 Å². The number of rotatable bonds is 14. The maximum Gasteiger partial charge on any atom is 0.166 e. The van der Waals surface area contributed by atoms with Crippen LogP contribution in [0.5, 0.6) is 0 Å². The minimum absolute atomic E-state index is 0.0391. The third-order valence-corrected chi connectivity index (χ3v) is 34.3. The van der Waals surface area contributed by atoms with Gasteiger partial charge in [-0.15, -0.1) is 0 Å². The van der Waals surface area contributed by atoms with Crippen LogP contribution >= 0.6 is 0 Å². The quantitative estimate of drug-likeness (QED) is 0.0952. The molecule has 6 aliphatic rings. The molecule has 0 saturated heterocycles. The Balaban J connectivity index is 0.000000155. The summed E-state index contributed by atoms with van der Waals surface area (Å²) < 4.78 is 0. The fourth-order valence-electron chi connectivity index (χ4n) is 20.4. The van der Waals surface area contributed by atoms with Gasteiger partial charge in [-0.1, -0.05) is 422 Å². The van der Waals surface area contributed by atoms with Gasteiger partial charge in [0, 0.05) is 0 Å². The summed E-state index contributed by atoms with van der Waals surface area (Å²) in [4.78, 5) is 12.9. The average molecular weight is 1640 g/mol. The highest BCUT2D eigenvalue weighted by molar-refractivity contribution is 7.97. The minimum Gasteiger partial charge on any atom is -0.0619 e. The van der Waals surface area contributed by atoms with Crippen LogP contribution in [-0.2, 0) is 32.7 Å². The van der Waals surface area contributed by atoms with Crippen molar-refractivity contribution in [1.82, 2.24) is 0 Å². The lowest BCUT2D eigenvalue weighted by Crippen LogP contribution is -2.07. The van der Waals surface area contributed by atoms with E-state index in [1.807, 2.05) is 0 Å². The Kier molecular flexibility index (Phi) is 42.2. The standard InChI is InChI=1S/C39H53S.C38H51S.C28H33S.C10H20/c1-32-20-26-37(27-21-32)40(38-28-22-35(23-29-38)33-16-12-8-4-2-5-9-13-17-33)39-30-24-36(25-31-39)34-18-14-10-6-3-7-11-15-19-34;1-3-7-12-18-32(19-13-8-4-1)34-24-28-37(29-25-34)39(36-22-16-11-17-23-36)38-30-26-35(27-31-38)33-20-14-9-5-2-6-10-15-21-33;1-2-4-8-14-24(15-9-5-3-1)25-20-22-28(23-21-25)29(26-16-10-6-11-17-26)27-18-12-7-13-19-27;1-2-4-6-8-10-9-7-5-3-1/h20-31,33-34H,2-19H2,1H3;11,16-17,22-33H,1-10,12-15,18-21H2;6-7,10-13,16-24H,1-5,8-9,14-15H2;1-10H2/q3*+1;. The third kappa shape index (κ3) is 31.4. The van der Waals surface area contributed by atoms with Gasteiger partial charge in [0.15, 0.2) is 44.1 Å². The smallest absolute Gasteiger partial charge is 0.0619 e. The maximum absolute atomic E-state index is 2.48. The SMILES string of the molecule is C1CCCCCCCCC1.Cc1ccc([S+](c2ccc(C3CCCCCCCCC3)cc2)c2ccc(C3CCCCCCCCC3)cc2)cc1.c1ccc([S+](c2ccc(C3CCCCCCCCC3)cc2)c2ccc(C3CCCCCCCCC3)cc2)cc1.c1ccc([S+](c2ccccc2)c2ccc(C3CCCCCCCCC3)cc2)cc1. The van der Waals surface area contributed by atoms with E-state index in [0.29, 0.717) is 0 Å². The molecule has 0 nitrogen and oxygen atoms in total. The van der Waals surface area contributed by atoms with E-state index >= 15 is 0 Å². The molecule has 0 aromatic heterocycles. The minimum atomic E-state index is -0.0719. The lowest BCUT2D eigenvalue weighted by atomic mass is 9.87. The van der Waals surface area contributed by atoms with E-state index < -0.39 is 0 Å². The van der Waals surface area contributed by atoms with Crippen LogP contribution in [0.15, 0.2) is 281 Å². The Hall–Kier alpha value is -5.97. The van der Waals surface area contributed by atoms with Crippen LogP contribution in [0, 0.1) is 6.92 Å². The highest BCUT2D eigenvalue weighted by Gasteiger charge is 2.33. The lowest BCUT2D eigenvalue weighted by molar-refractivity contribution is 0.462. The number of benzene rings is 9. The molecule has 0 spiro atoms. The zero-order valence-electron chi connectivity index (χ0n) is 74.0. The van der Waals surface area contributed by atoms with Gasteiger partial charge in [-0.3, -0.25) is 0 Å². The molecule has 0 amide bonds. The van der Waals surface area contributed by atoms with E-state index in [2.05, 4.69) is 244 Å². The summed E-state index contributed by atoms with van der Waals surface area (Å²) >= 11 is 0. The van der Waals surface area contributed by atoms with E-state index in [4.69, 9.17) is 0 Å². The Morgan fingerprint density at radius 3 is 0.398 bits per heavy atom. The van der Waals surface area contributed by atoms with Crippen molar-refractivity contribution in [2.45, 2.75) is 434 Å². The Morgan fingerprint density at radius 2 is 0.254 bits per heavy atom. The van der Waals surface area contributed by atoms with Crippen LogP contribution in [0.2, 0.25) is 0 Å². The predicted molar refractivity (Wildman–Crippen MR) is 517 cm³/mol. The first-order valence-electron chi connectivity index (χ1n) is 49.5. The van der Waals surface area contributed by atoms with Gasteiger partial charge in [-0.05, 0) is 238 Å². The average Bonchev–Trinajstić information content (AvgIpc) is 0.810. The molecule has 118 heavy (non-hydrogen) atoms. The highest BCUT2D eigenvalue weighted by atomic mass is 32.2. The molecular formula is C115H157S3+3. The maximum atomic E-state index is 2.48. The van der Waals surface area contributed by atoms with Crippen molar-refractivity contribution in [1.29, 1.82) is 0 Å². The molecule has 9 aromatic carbocycles. The van der Waals surface area contributed by atoms with Crippen molar-refractivity contribution in [3.63, 3.8) is 0 Å². The van der Waals surface area contributed by atoms with Gasteiger partial charge in [0.1, 0.15) is 0 Å². The molecule has 0 aliphatic heterocycles. The first kappa shape index (κ1) is 91.2. The largest absolute Gasteiger partial charge is 0.166 e. The number of aryl methyl sites for hydroxylation is 1. The predicted octanol–water partition coefficient (Wildman–Crippen LogP) is 36.6. The fourth-order valence-corrected chi connectivity index (χ4v) is 26.6. The molecule has 0 atom stereocenters. The molecular weight excluding hydrogens is 1480 g/mol. The van der Waals surface area contributed by atoms with Gasteiger partial charge in [-0.25, -0.2) is 0 Å². The Bertz CT molecular complexity index is 3750. The van der Waals surface area contributed by atoms with Gasteiger partial charge >= 0.3 is 0 Å². The van der Waals surface area contributed by atoms with Crippen LogP contribution in [0.3, 0.4) is 0 Å². The van der Waals surface area contributed by atoms with Crippen molar-refractivity contribution in [3.8, 4) is 0 Å². The van der Waals surface area contributed by atoms with Gasteiger partial charge in [-0.2, -0.15) is 0 Å². The summed E-state index contributed by atoms with van der Waals surface area (Å²) in [5.74, 6) is 3.71. The zero-order chi connectivity index (χ0) is 80.7. The Labute approximate surface area is 730 Å². The number of hydrogen-bond acceptors (Lipinski definition) is 0. The van der Waals surface area contributed by atoms with E-state index in [1.54, 1.807) is 27.8 Å². The van der Waals surface area contributed by atoms with Gasteiger partial charge in [0.25, 0.3) is 0 Å². The molecule has 6 saturated carbocycles. The van der Waals surface area contributed by atoms with E-state index in [0.717, 1.165) is 29.6 Å². The van der Waals surface area contributed by atoms with Crippen molar-refractivity contribution < 1.29 is 0 Å². The van der Waals surface area contributed by atoms with E-state index in [9.17, 15) is 0 Å². The Morgan fingerprint density at radius 1 is 0.136 bits per heavy atom. The molecule has 0 unspecified atom stereocenters. The first-order chi connectivity index (χ1) is 58.6.